The predicted molar refractivity (Wildman–Crippen MR) is 159 cm³/mol. The lowest BCUT2D eigenvalue weighted by Gasteiger charge is -2.18. The van der Waals surface area contributed by atoms with Crippen molar-refractivity contribution in [1.82, 2.24) is 35.5 Å². The minimum atomic E-state index is -0.133. The van der Waals surface area contributed by atoms with E-state index >= 15 is 0 Å². The van der Waals surface area contributed by atoms with Crippen LogP contribution in [0.1, 0.15) is 57.1 Å². The molecule has 4 aromatic rings. The number of carbonyl (C=O) groups excluding carboxylic acids is 1. The first-order valence-electron chi connectivity index (χ1n) is 13.5. The number of nitrogens with one attached hydrogen (secondary N) is 2. The number of aryl methyl sites for hydroxylation is 1. The third kappa shape index (κ3) is 7.28. The summed E-state index contributed by atoms with van der Waals surface area (Å²) in [5.74, 6) is 2.37. The van der Waals surface area contributed by atoms with Crippen molar-refractivity contribution in [3.8, 4) is 22.5 Å². The number of aromatic amines is 1. The molecule has 0 bridgehead atoms. The van der Waals surface area contributed by atoms with Crippen LogP contribution < -0.4 is 5.32 Å². The Labute approximate surface area is 240 Å². The fraction of sp³-hybridized carbons (Fsp3) is 0.414. The SMILES string of the molecule is CCCCc1nc(Cl)c(CNC(=O)C(CS)CC(C)C)n1Cc1ccc(-c2ccccc2-c2nnn[nH]2)cc1. The number of unbranched alkanes of at least 4 members (excludes halogenated alkanes) is 1. The van der Waals surface area contributed by atoms with Gasteiger partial charge in [0.1, 0.15) is 5.82 Å². The minimum Gasteiger partial charge on any atom is -0.350 e. The third-order valence-electron chi connectivity index (χ3n) is 6.77. The third-order valence-corrected chi connectivity index (χ3v) is 7.51. The van der Waals surface area contributed by atoms with Gasteiger partial charge >= 0.3 is 0 Å². The first kappa shape index (κ1) is 28.8. The van der Waals surface area contributed by atoms with E-state index in [-0.39, 0.29) is 11.8 Å². The Kier molecular flexibility index (Phi) is 10.2. The molecule has 0 fully saturated rings. The van der Waals surface area contributed by atoms with Crippen LogP contribution in [0.15, 0.2) is 48.5 Å². The summed E-state index contributed by atoms with van der Waals surface area (Å²) in [7, 11) is 0. The molecule has 2 aromatic heterocycles. The van der Waals surface area contributed by atoms with Gasteiger partial charge in [0.15, 0.2) is 11.0 Å². The van der Waals surface area contributed by atoms with Crippen LogP contribution >= 0.6 is 24.2 Å². The number of H-pyrrole nitrogens is 1. The first-order valence-corrected chi connectivity index (χ1v) is 14.5. The summed E-state index contributed by atoms with van der Waals surface area (Å²) in [5, 5.41) is 17.9. The topological polar surface area (TPSA) is 101 Å². The van der Waals surface area contributed by atoms with Gasteiger partial charge in [-0.25, -0.2) is 10.1 Å². The van der Waals surface area contributed by atoms with E-state index in [0.717, 1.165) is 59.5 Å². The van der Waals surface area contributed by atoms with E-state index in [1.165, 1.54) is 0 Å². The maximum atomic E-state index is 12.9. The van der Waals surface area contributed by atoms with Crippen molar-refractivity contribution in [1.29, 1.82) is 0 Å². The van der Waals surface area contributed by atoms with E-state index in [9.17, 15) is 4.79 Å². The van der Waals surface area contributed by atoms with E-state index < -0.39 is 0 Å². The highest BCUT2D eigenvalue weighted by Gasteiger charge is 2.21. The number of nitrogens with zero attached hydrogens (tertiary/aromatic N) is 5. The number of hydrogen-bond acceptors (Lipinski definition) is 6. The largest absolute Gasteiger partial charge is 0.350 e. The molecule has 4 rings (SSSR count). The van der Waals surface area contributed by atoms with E-state index in [4.69, 9.17) is 11.6 Å². The molecule has 1 unspecified atom stereocenters. The van der Waals surface area contributed by atoms with Crippen LogP contribution in [0.25, 0.3) is 22.5 Å². The lowest BCUT2D eigenvalue weighted by molar-refractivity contribution is -0.124. The molecule has 2 heterocycles. The molecule has 0 radical (unpaired) electrons. The average molecular weight is 566 g/mol. The second-order valence-corrected chi connectivity index (χ2v) is 10.9. The molecule has 0 saturated heterocycles. The average Bonchev–Trinajstić information content (AvgIpc) is 3.58. The number of rotatable bonds is 13. The lowest BCUT2D eigenvalue weighted by Crippen LogP contribution is -2.33. The molecule has 1 atom stereocenters. The number of imidazole rings is 1. The number of benzene rings is 2. The maximum absolute atomic E-state index is 12.9. The van der Waals surface area contributed by atoms with Gasteiger partial charge in [0.25, 0.3) is 0 Å². The summed E-state index contributed by atoms with van der Waals surface area (Å²) in [6.07, 6.45) is 3.70. The monoisotopic (exact) mass is 565 g/mol. The number of tetrazole rings is 1. The van der Waals surface area contributed by atoms with Crippen LogP contribution in [0.2, 0.25) is 5.15 Å². The van der Waals surface area contributed by atoms with E-state index in [1.54, 1.807) is 0 Å². The lowest BCUT2D eigenvalue weighted by atomic mass is 9.98. The van der Waals surface area contributed by atoms with Crippen LogP contribution in [0.5, 0.6) is 0 Å². The van der Waals surface area contributed by atoms with Gasteiger partial charge in [0.2, 0.25) is 5.91 Å². The van der Waals surface area contributed by atoms with Gasteiger partial charge in [-0.15, -0.1) is 5.10 Å². The molecule has 206 valence electrons. The number of halogens is 1. The summed E-state index contributed by atoms with van der Waals surface area (Å²) in [5.41, 5.74) is 4.99. The number of carbonyl (C=O) groups is 1. The number of aromatic nitrogens is 6. The number of hydrogen-bond donors (Lipinski definition) is 3. The van der Waals surface area contributed by atoms with E-state index in [2.05, 4.69) is 99.2 Å². The minimum absolute atomic E-state index is 0.00241. The van der Waals surface area contributed by atoms with Gasteiger partial charge in [-0.3, -0.25) is 4.79 Å². The van der Waals surface area contributed by atoms with Crippen molar-refractivity contribution in [3.05, 3.63) is 70.8 Å². The predicted octanol–water partition coefficient (Wildman–Crippen LogP) is 5.98. The Morgan fingerprint density at radius 3 is 2.51 bits per heavy atom. The molecule has 0 saturated carbocycles. The molecule has 10 heteroatoms. The molecule has 0 aliphatic carbocycles. The van der Waals surface area contributed by atoms with E-state index in [1.807, 2.05) is 18.2 Å². The van der Waals surface area contributed by atoms with Crippen LogP contribution in [0.4, 0.5) is 0 Å². The zero-order valence-electron chi connectivity index (χ0n) is 22.7. The van der Waals surface area contributed by atoms with Gasteiger partial charge in [-0.1, -0.05) is 87.3 Å². The normalized spacial score (nSPS) is 12.2. The summed E-state index contributed by atoms with van der Waals surface area (Å²) in [6.45, 7) is 7.33. The maximum Gasteiger partial charge on any atom is 0.224 e. The molecule has 8 nitrogen and oxygen atoms in total. The molecule has 0 spiro atoms. The quantitative estimate of drug-likeness (QED) is 0.173. The smallest absolute Gasteiger partial charge is 0.224 e. The fourth-order valence-corrected chi connectivity index (χ4v) is 5.30. The van der Waals surface area contributed by atoms with Crippen molar-refractivity contribution >= 4 is 30.1 Å². The van der Waals surface area contributed by atoms with Crippen LogP contribution in [0.3, 0.4) is 0 Å². The molecule has 1 amide bonds. The Morgan fingerprint density at radius 1 is 1.13 bits per heavy atom. The highest BCUT2D eigenvalue weighted by atomic mass is 35.5. The Balaban J connectivity index is 1.56. The van der Waals surface area contributed by atoms with Gasteiger partial charge < -0.3 is 9.88 Å². The van der Waals surface area contributed by atoms with Crippen molar-refractivity contribution < 1.29 is 4.79 Å². The molecule has 0 aliphatic rings. The highest BCUT2D eigenvalue weighted by Crippen LogP contribution is 2.30. The number of thiol groups is 1. The van der Waals surface area contributed by atoms with Gasteiger partial charge in [-0.05, 0) is 45.9 Å². The summed E-state index contributed by atoms with van der Waals surface area (Å²) in [6, 6.07) is 16.5. The van der Waals surface area contributed by atoms with E-state index in [0.29, 0.717) is 35.7 Å². The van der Waals surface area contributed by atoms with Gasteiger partial charge in [0.05, 0.1) is 12.2 Å². The Morgan fingerprint density at radius 2 is 1.87 bits per heavy atom. The molecular formula is C29H36ClN7OS. The standard InChI is InChI=1S/C29H36ClN7OS/c1-4-5-10-26-32-27(30)25(16-31-29(38)22(18-39)15-19(2)3)37(26)17-20-11-13-21(14-12-20)23-8-6-7-9-24(23)28-33-35-36-34-28/h6-9,11-14,19,22,39H,4-5,10,15-18H2,1-3H3,(H,31,38)(H,33,34,35,36). The van der Waals surface area contributed by atoms with Crippen LogP contribution in [0, 0.1) is 11.8 Å². The second-order valence-electron chi connectivity index (χ2n) is 10.2. The van der Waals surface area contributed by atoms with Crippen molar-refractivity contribution in [2.24, 2.45) is 11.8 Å². The fourth-order valence-electron chi connectivity index (χ4n) is 4.72. The van der Waals surface area contributed by atoms with Crippen LogP contribution in [-0.2, 0) is 24.3 Å². The molecule has 0 aliphatic heterocycles. The molecule has 2 aromatic carbocycles. The first-order chi connectivity index (χ1) is 18.9. The zero-order chi connectivity index (χ0) is 27.8. The Bertz CT molecular complexity index is 1350. The molecular weight excluding hydrogens is 530 g/mol. The summed E-state index contributed by atoms with van der Waals surface area (Å²) in [4.78, 5) is 17.6. The summed E-state index contributed by atoms with van der Waals surface area (Å²) >= 11 is 11.0. The zero-order valence-corrected chi connectivity index (χ0v) is 24.3. The summed E-state index contributed by atoms with van der Waals surface area (Å²) < 4.78 is 2.15. The van der Waals surface area contributed by atoms with Gasteiger partial charge in [-0.2, -0.15) is 12.6 Å². The Hall–Kier alpha value is -3.17. The van der Waals surface area contributed by atoms with Crippen LogP contribution in [-0.4, -0.2) is 41.8 Å². The molecule has 2 N–H and O–H groups in total. The molecule has 39 heavy (non-hydrogen) atoms. The van der Waals surface area contributed by atoms with Crippen molar-refractivity contribution in [2.45, 2.75) is 59.5 Å². The highest BCUT2D eigenvalue weighted by molar-refractivity contribution is 7.80. The number of amides is 1. The van der Waals surface area contributed by atoms with Crippen molar-refractivity contribution in [2.75, 3.05) is 5.75 Å². The van der Waals surface area contributed by atoms with Gasteiger partial charge in [0, 0.05) is 30.2 Å². The van der Waals surface area contributed by atoms with Crippen molar-refractivity contribution in [3.63, 3.8) is 0 Å². The second kappa shape index (κ2) is 13.8.